The van der Waals surface area contributed by atoms with E-state index in [9.17, 15) is 4.79 Å². The maximum atomic E-state index is 11.5. The Morgan fingerprint density at radius 2 is 1.88 bits per heavy atom. The van der Waals surface area contributed by atoms with Crippen molar-refractivity contribution in [3.63, 3.8) is 0 Å². The maximum absolute atomic E-state index is 11.5. The standard InChI is InChI=1S/C14H20N2O/c1-10-5-11(2)7-13(6-10)15-9-14(17)16-8-12-3-4-12/h5-7,12,15H,3-4,8-9H2,1-2H3,(H,16,17). The van der Waals surface area contributed by atoms with Crippen LogP contribution in [0.2, 0.25) is 0 Å². The van der Waals surface area contributed by atoms with E-state index >= 15 is 0 Å². The predicted octanol–water partition coefficient (Wildman–Crippen LogP) is 2.24. The van der Waals surface area contributed by atoms with Gasteiger partial charge in [0.05, 0.1) is 6.54 Å². The molecule has 0 spiro atoms. The third-order valence-corrected chi connectivity index (χ3v) is 2.96. The lowest BCUT2D eigenvalue weighted by atomic mass is 10.1. The zero-order chi connectivity index (χ0) is 12.3. The summed E-state index contributed by atoms with van der Waals surface area (Å²) in [5.41, 5.74) is 3.45. The molecule has 2 N–H and O–H groups in total. The van der Waals surface area contributed by atoms with Crippen LogP contribution in [0.3, 0.4) is 0 Å². The van der Waals surface area contributed by atoms with Gasteiger partial charge in [0, 0.05) is 12.2 Å². The summed E-state index contributed by atoms with van der Waals surface area (Å²) in [6, 6.07) is 6.24. The molecule has 0 saturated heterocycles. The molecule has 1 aliphatic carbocycles. The number of benzene rings is 1. The lowest BCUT2D eigenvalue weighted by molar-refractivity contribution is -0.119. The molecule has 1 aromatic rings. The Morgan fingerprint density at radius 3 is 2.47 bits per heavy atom. The van der Waals surface area contributed by atoms with Crippen molar-refractivity contribution < 1.29 is 4.79 Å². The van der Waals surface area contributed by atoms with Crippen molar-refractivity contribution in [1.29, 1.82) is 0 Å². The van der Waals surface area contributed by atoms with Crippen molar-refractivity contribution in [3.8, 4) is 0 Å². The lowest BCUT2D eigenvalue weighted by Crippen LogP contribution is -2.31. The van der Waals surface area contributed by atoms with Crippen molar-refractivity contribution in [2.24, 2.45) is 5.92 Å². The Kier molecular flexibility index (Phi) is 3.67. The van der Waals surface area contributed by atoms with Crippen LogP contribution in [0.1, 0.15) is 24.0 Å². The van der Waals surface area contributed by atoms with Crippen LogP contribution in [-0.4, -0.2) is 19.0 Å². The average Bonchev–Trinajstić information content (AvgIpc) is 3.06. The molecular formula is C14H20N2O. The number of aryl methyl sites for hydroxylation is 2. The first-order valence-electron chi connectivity index (χ1n) is 6.22. The second kappa shape index (κ2) is 5.21. The molecule has 0 unspecified atom stereocenters. The Labute approximate surface area is 103 Å². The first-order chi connectivity index (χ1) is 8.13. The molecule has 1 fully saturated rings. The van der Waals surface area contributed by atoms with Gasteiger partial charge in [0.1, 0.15) is 0 Å². The Balaban J connectivity index is 1.77. The van der Waals surface area contributed by atoms with Crippen molar-refractivity contribution in [1.82, 2.24) is 5.32 Å². The van der Waals surface area contributed by atoms with Crippen LogP contribution in [0.5, 0.6) is 0 Å². The molecule has 0 bridgehead atoms. The van der Waals surface area contributed by atoms with Gasteiger partial charge in [-0.1, -0.05) is 6.07 Å². The summed E-state index contributed by atoms with van der Waals surface area (Å²) in [5, 5.41) is 6.10. The number of anilines is 1. The summed E-state index contributed by atoms with van der Waals surface area (Å²) in [5.74, 6) is 0.816. The highest BCUT2D eigenvalue weighted by Crippen LogP contribution is 2.27. The van der Waals surface area contributed by atoms with Gasteiger partial charge in [0.15, 0.2) is 0 Å². The molecule has 0 aromatic heterocycles. The van der Waals surface area contributed by atoms with E-state index in [1.807, 2.05) is 0 Å². The van der Waals surface area contributed by atoms with E-state index < -0.39 is 0 Å². The summed E-state index contributed by atoms with van der Waals surface area (Å²) in [4.78, 5) is 11.5. The van der Waals surface area contributed by atoms with E-state index in [0.29, 0.717) is 6.54 Å². The fourth-order valence-corrected chi connectivity index (χ4v) is 1.90. The molecule has 0 aliphatic heterocycles. The number of carbonyl (C=O) groups excluding carboxylic acids is 1. The quantitative estimate of drug-likeness (QED) is 0.817. The number of hydrogen-bond donors (Lipinski definition) is 2. The molecule has 92 valence electrons. The monoisotopic (exact) mass is 232 g/mol. The zero-order valence-corrected chi connectivity index (χ0v) is 10.5. The van der Waals surface area contributed by atoms with Gasteiger partial charge in [0.25, 0.3) is 0 Å². The number of rotatable bonds is 5. The number of nitrogens with one attached hydrogen (secondary N) is 2. The van der Waals surface area contributed by atoms with Gasteiger partial charge < -0.3 is 10.6 Å². The molecule has 1 aliphatic rings. The van der Waals surface area contributed by atoms with Crippen LogP contribution >= 0.6 is 0 Å². The zero-order valence-electron chi connectivity index (χ0n) is 10.5. The second-order valence-electron chi connectivity index (χ2n) is 4.98. The molecule has 3 nitrogen and oxygen atoms in total. The molecule has 0 heterocycles. The van der Waals surface area contributed by atoms with E-state index in [-0.39, 0.29) is 5.91 Å². The predicted molar refractivity (Wildman–Crippen MR) is 70.1 cm³/mol. The summed E-state index contributed by atoms with van der Waals surface area (Å²) in [6.45, 7) is 5.32. The van der Waals surface area contributed by atoms with Gasteiger partial charge in [-0.05, 0) is 55.9 Å². The van der Waals surface area contributed by atoms with Crippen molar-refractivity contribution in [2.75, 3.05) is 18.4 Å². The molecule has 2 rings (SSSR count). The second-order valence-corrected chi connectivity index (χ2v) is 4.98. The average molecular weight is 232 g/mol. The summed E-state index contributed by atoms with van der Waals surface area (Å²) >= 11 is 0. The molecule has 1 amide bonds. The SMILES string of the molecule is Cc1cc(C)cc(NCC(=O)NCC2CC2)c1. The summed E-state index contributed by atoms with van der Waals surface area (Å²) in [6.07, 6.45) is 2.54. The van der Waals surface area contributed by atoms with Gasteiger partial charge >= 0.3 is 0 Å². The Morgan fingerprint density at radius 1 is 1.24 bits per heavy atom. The minimum absolute atomic E-state index is 0.0797. The molecule has 3 heteroatoms. The summed E-state index contributed by atoms with van der Waals surface area (Å²) in [7, 11) is 0. The molecule has 17 heavy (non-hydrogen) atoms. The van der Waals surface area contributed by atoms with Crippen molar-refractivity contribution >= 4 is 11.6 Å². The van der Waals surface area contributed by atoms with Crippen LogP contribution in [0, 0.1) is 19.8 Å². The number of amides is 1. The largest absolute Gasteiger partial charge is 0.376 e. The van der Waals surface area contributed by atoms with Crippen LogP contribution < -0.4 is 10.6 Å². The smallest absolute Gasteiger partial charge is 0.239 e. The van der Waals surface area contributed by atoms with Crippen molar-refractivity contribution in [2.45, 2.75) is 26.7 Å². The van der Waals surface area contributed by atoms with E-state index in [4.69, 9.17) is 0 Å². The molecular weight excluding hydrogens is 212 g/mol. The van der Waals surface area contributed by atoms with Gasteiger partial charge in [-0.25, -0.2) is 0 Å². The highest BCUT2D eigenvalue weighted by molar-refractivity contribution is 5.80. The Hall–Kier alpha value is -1.51. The van der Waals surface area contributed by atoms with Crippen molar-refractivity contribution in [3.05, 3.63) is 29.3 Å². The lowest BCUT2D eigenvalue weighted by Gasteiger charge is -2.09. The van der Waals surface area contributed by atoms with E-state index in [0.717, 1.165) is 18.2 Å². The molecule has 0 atom stereocenters. The van der Waals surface area contributed by atoms with Gasteiger partial charge in [-0.3, -0.25) is 4.79 Å². The third-order valence-electron chi connectivity index (χ3n) is 2.96. The molecule has 1 saturated carbocycles. The van der Waals surface area contributed by atoms with Gasteiger partial charge in [0.2, 0.25) is 5.91 Å². The highest BCUT2D eigenvalue weighted by atomic mass is 16.1. The minimum Gasteiger partial charge on any atom is -0.376 e. The third kappa shape index (κ3) is 4.10. The molecule has 1 aromatic carbocycles. The van der Waals surface area contributed by atoms with Crippen LogP contribution in [0.15, 0.2) is 18.2 Å². The number of hydrogen-bond acceptors (Lipinski definition) is 2. The topological polar surface area (TPSA) is 41.1 Å². The van der Waals surface area contributed by atoms with Gasteiger partial charge in [-0.2, -0.15) is 0 Å². The van der Waals surface area contributed by atoms with Crippen LogP contribution in [0.25, 0.3) is 0 Å². The number of carbonyl (C=O) groups is 1. The first kappa shape index (κ1) is 12.0. The maximum Gasteiger partial charge on any atom is 0.239 e. The van der Waals surface area contributed by atoms with E-state index in [1.165, 1.54) is 24.0 Å². The highest BCUT2D eigenvalue weighted by Gasteiger charge is 2.21. The molecule has 0 radical (unpaired) electrons. The Bertz CT molecular complexity index is 390. The minimum atomic E-state index is 0.0797. The normalized spacial score (nSPS) is 14.5. The van der Waals surface area contributed by atoms with Crippen LogP contribution in [-0.2, 0) is 4.79 Å². The summed E-state index contributed by atoms with van der Waals surface area (Å²) < 4.78 is 0. The van der Waals surface area contributed by atoms with Gasteiger partial charge in [-0.15, -0.1) is 0 Å². The van der Waals surface area contributed by atoms with E-state index in [1.54, 1.807) is 0 Å². The van der Waals surface area contributed by atoms with E-state index in [2.05, 4.69) is 42.7 Å². The first-order valence-corrected chi connectivity index (χ1v) is 6.22. The van der Waals surface area contributed by atoms with Crippen LogP contribution in [0.4, 0.5) is 5.69 Å². The fraction of sp³-hybridized carbons (Fsp3) is 0.500. The fourth-order valence-electron chi connectivity index (χ4n) is 1.90.